The third kappa shape index (κ3) is 4.90. The summed E-state index contributed by atoms with van der Waals surface area (Å²) in [6.45, 7) is 1.47. The lowest BCUT2D eigenvalue weighted by Gasteiger charge is -2.11. The molecule has 4 rings (SSSR count). The molecule has 7 heteroatoms. The van der Waals surface area contributed by atoms with Gasteiger partial charge in [0, 0.05) is 43.5 Å². The third-order valence-corrected chi connectivity index (χ3v) is 4.58. The minimum atomic E-state index is -0.112. The molecular weight excluding hydrogens is 392 g/mol. The largest absolute Gasteiger partial charge is 0.457 e. The molecule has 0 bridgehead atoms. The van der Waals surface area contributed by atoms with E-state index in [2.05, 4.69) is 15.5 Å². The molecule has 0 aliphatic heterocycles. The van der Waals surface area contributed by atoms with Gasteiger partial charge in [0.2, 0.25) is 11.7 Å². The van der Waals surface area contributed by atoms with Crippen molar-refractivity contribution in [1.82, 2.24) is 10.1 Å². The molecule has 4 aromatic rings. The molecule has 156 valence electrons. The molecule has 0 saturated carbocycles. The van der Waals surface area contributed by atoms with Gasteiger partial charge in [0.1, 0.15) is 11.5 Å². The van der Waals surface area contributed by atoms with Gasteiger partial charge in [-0.15, -0.1) is 0 Å². The number of hydrogen-bond donors (Lipinski definition) is 1. The van der Waals surface area contributed by atoms with Crippen LogP contribution < -0.4 is 15.0 Å². The van der Waals surface area contributed by atoms with Gasteiger partial charge in [-0.05, 0) is 72.8 Å². The third-order valence-electron chi connectivity index (χ3n) is 4.58. The van der Waals surface area contributed by atoms with Crippen LogP contribution in [-0.4, -0.2) is 30.1 Å². The lowest BCUT2D eigenvalue weighted by Crippen LogP contribution is -2.07. The Balaban J connectivity index is 1.44. The van der Waals surface area contributed by atoms with Crippen LogP contribution in [0.1, 0.15) is 6.92 Å². The number of anilines is 2. The van der Waals surface area contributed by atoms with Crippen molar-refractivity contribution in [2.45, 2.75) is 6.92 Å². The number of hydrogen-bond acceptors (Lipinski definition) is 6. The minimum absolute atomic E-state index is 0.112. The first-order valence-corrected chi connectivity index (χ1v) is 9.75. The summed E-state index contributed by atoms with van der Waals surface area (Å²) in [5, 5.41) is 6.82. The summed E-state index contributed by atoms with van der Waals surface area (Å²) in [5.74, 6) is 2.22. The highest BCUT2D eigenvalue weighted by atomic mass is 16.5. The lowest BCUT2D eigenvalue weighted by atomic mass is 10.2. The first-order chi connectivity index (χ1) is 15.0. The predicted molar refractivity (Wildman–Crippen MR) is 120 cm³/mol. The van der Waals surface area contributed by atoms with Crippen LogP contribution in [0.3, 0.4) is 0 Å². The average molecular weight is 414 g/mol. The van der Waals surface area contributed by atoms with Crippen LogP contribution in [0.25, 0.3) is 22.8 Å². The second kappa shape index (κ2) is 8.71. The first kappa shape index (κ1) is 20.2. The van der Waals surface area contributed by atoms with Crippen molar-refractivity contribution in [3.63, 3.8) is 0 Å². The highest BCUT2D eigenvalue weighted by molar-refractivity contribution is 5.88. The average Bonchev–Trinajstić information content (AvgIpc) is 3.26. The van der Waals surface area contributed by atoms with Gasteiger partial charge >= 0.3 is 0 Å². The number of nitrogens with zero attached hydrogens (tertiary/aromatic N) is 3. The number of ether oxygens (including phenoxy) is 1. The fraction of sp³-hybridized carbons (Fsp3) is 0.125. The molecular formula is C24H22N4O3. The van der Waals surface area contributed by atoms with Crippen LogP contribution >= 0.6 is 0 Å². The summed E-state index contributed by atoms with van der Waals surface area (Å²) in [7, 11) is 3.99. The predicted octanol–water partition coefficient (Wildman–Crippen LogP) is 5.22. The molecule has 0 unspecified atom stereocenters. The van der Waals surface area contributed by atoms with Crippen molar-refractivity contribution in [3.8, 4) is 34.3 Å². The van der Waals surface area contributed by atoms with Crippen molar-refractivity contribution < 1.29 is 14.1 Å². The molecule has 0 aliphatic carbocycles. The number of carbonyl (C=O) groups excluding carboxylic acids is 1. The molecule has 0 spiro atoms. The number of rotatable bonds is 6. The van der Waals surface area contributed by atoms with Crippen LogP contribution in [-0.2, 0) is 4.79 Å². The van der Waals surface area contributed by atoms with Gasteiger partial charge in [0.25, 0.3) is 5.89 Å². The van der Waals surface area contributed by atoms with Crippen LogP contribution in [0.4, 0.5) is 11.4 Å². The Morgan fingerprint density at radius 2 is 1.45 bits per heavy atom. The Hall–Kier alpha value is -4.13. The van der Waals surface area contributed by atoms with Crippen LogP contribution in [0.5, 0.6) is 11.5 Å². The number of nitrogens with one attached hydrogen (secondary N) is 1. The SMILES string of the molecule is CC(=O)Nc1ccc(Oc2ccc(-c3noc(-c4ccc(N(C)C)cc4)n3)cc2)cc1. The van der Waals surface area contributed by atoms with E-state index in [0.717, 1.165) is 22.5 Å². The minimum Gasteiger partial charge on any atom is -0.457 e. The summed E-state index contributed by atoms with van der Waals surface area (Å²) in [4.78, 5) is 17.6. The second-order valence-electron chi connectivity index (χ2n) is 7.20. The van der Waals surface area contributed by atoms with E-state index in [9.17, 15) is 4.79 Å². The molecule has 0 atom stereocenters. The normalized spacial score (nSPS) is 10.5. The molecule has 0 radical (unpaired) electrons. The van der Waals surface area contributed by atoms with Gasteiger partial charge in [-0.3, -0.25) is 4.79 Å². The van der Waals surface area contributed by atoms with E-state index in [1.807, 2.05) is 67.5 Å². The van der Waals surface area contributed by atoms with E-state index in [4.69, 9.17) is 9.26 Å². The van der Waals surface area contributed by atoms with Crippen LogP contribution in [0.2, 0.25) is 0 Å². The zero-order valence-corrected chi connectivity index (χ0v) is 17.5. The Morgan fingerprint density at radius 3 is 2.03 bits per heavy atom. The Morgan fingerprint density at radius 1 is 0.871 bits per heavy atom. The van der Waals surface area contributed by atoms with Gasteiger partial charge in [-0.25, -0.2) is 0 Å². The van der Waals surface area contributed by atoms with Crippen molar-refractivity contribution in [3.05, 3.63) is 72.8 Å². The summed E-state index contributed by atoms with van der Waals surface area (Å²) in [5.41, 5.74) is 3.52. The second-order valence-corrected chi connectivity index (χ2v) is 7.20. The molecule has 0 fully saturated rings. The summed E-state index contributed by atoms with van der Waals surface area (Å²) in [6.07, 6.45) is 0. The summed E-state index contributed by atoms with van der Waals surface area (Å²) < 4.78 is 11.3. The molecule has 1 amide bonds. The van der Waals surface area contributed by atoms with E-state index >= 15 is 0 Å². The number of aromatic nitrogens is 2. The maximum Gasteiger partial charge on any atom is 0.258 e. The Bertz CT molecular complexity index is 1160. The zero-order chi connectivity index (χ0) is 21.8. The fourth-order valence-corrected chi connectivity index (χ4v) is 2.98. The highest BCUT2D eigenvalue weighted by Crippen LogP contribution is 2.27. The van der Waals surface area contributed by atoms with Crippen LogP contribution in [0.15, 0.2) is 77.3 Å². The smallest absolute Gasteiger partial charge is 0.258 e. The highest BCUT2D eigenvalue weighted by Gasteiger charge is 2.11. The molecule has 1 aromatic heterocycles. The molecule has 1 heterocycles. The van der Waals surface area contributed by atoms with Crippen molar-refractivity contribution in [2.75, 3.05) is 24.3 Å². The number of amides is 1. The summed E-state index contributed by atoms with van der Waals surface area (Å²) in [6, 6.07) is 22.6. The van der Waals surface area contributed by atoms with Gasteiger partial charge in [-0.1, -0.05) is 5.16 Å². The van der Waals surface area contributed by atoms with Gasteiger partial charge < -0.3 is 19.5 Å². The van der Waals surface area contributed by atoms with Gasteiger partial charge in [0.05, 0.1) is 0 Å². The first-order valence-electron chi connectivity index (χ1n) is 9.75. The van der Waals surface area contributed by atoms with Crippen molar-refractivity contribution >= 4 is 17.3 Å². The van der Waals surface area contributed by atoms with E-state index in [-0.39, 0.29) is 5.91 Å². The maximum atomic E-state index is 11.1. The lowest BCUT2D eigenvalue weighted by molar-refractivity contribution is -0.114. The van der Waals surface area contributed by atoms with Gasteiger partial charge in [0.15, 0.2) is 0 Å². The molecule has 1 N–H and O–H groups in total. The van der Waals surface area contributed by atoms with Gasteiger partial charge in [-0.2, -0.15) is 4.98 Å². The monoisotopic (exact) mass is 414 g/mol. The number of benzene rings is 3. The molecule has 3 aromatic carbocycles. The molecule has 0 saturated heterocycles. The quantitative estimate of drug-likeness (QED) is 0.466. The maximum absolute atomic E-state index is 11.1. The Kier molecular flexibility index (Phi) is 5.66. The van der Waals surface area contributed by atoms with E-state index in [1.165, 1.54) is 6.92 Å². The van der Waals surface area contributed by atoms with Crippen molar-refractivity contribution in [1.29, 1.82) is 0 Å². The Labute approximate surface area is 180 Å². The molecule has 0 aliphatic rings. The molecule has 7 nitrogen and oxygen atoms in total. The standard InChI is InChI=1S/C24H22N4O3/c1-16(29)25-19-8-14-22(15-9-19)30-21-12-6-17(7-13-21)23-26-24(31-27-23)18-4-10-20(11-5-18)28(2)3/h4-15H,1-3H3,(H,25,29). The van der Waals surface area contributed by atoms with E-state index in [1.54, 1.807) is 24.3 Å². The number of carbonyl (C=O) groups is 1. The summed E-state index contributed by atoms with van der Waals surface area (Å²) >= 11 is 0. The van der Waals surface area contributed by atoms with Crippen molar-refractivity contribution in [2.24, 2.45) is 0 Å². The zero-order valence-electron chi connectivity index (χ0n) is 17.5. The fourth-order valence-electron chi connectivity index (χ4n) is 2.98. The van der Waals surface area contributed by atoms with Crippen LogP contribution in [0, 0.1) is 0 Å². The van der Waals surface area contributed by atoms with E-state index < -0.39 is 0 Å². The molecule has 31 heavy (non-hydrogen) atoms. The van der Waals surface area contributed by atoms with E-state index in [0.29, 0.717) is 23.2 Å². The topological polar surface area (TPSA) is 80.5 Å².